The molecule has 3 heterocycles. The molecule has 0 aliphatic carbocycles. The molecule has 0 spiro atoms. The van der Waals surface area contributed by atoms with Crippen molar-refractivity contribution < 1.29 is 4.79 Å². The topological polar surface area (TPSA) is 65.1 Å². The van der Waals surface area contributed by atoms with Crippen molar-refractivity contribution in [3.63, 3.8) is 0 Å². The molecule has 4 rings (SSSR count). The number of carbonyl (C=O) groups is 1. The van der Waals surface area contributed by atoms with Crippen LogP contribution < -0.4 is 4.90 Å². The molecular weight excluding hydrogens is 374 g/mol. The van der Waals surface area contributed by atoms with Crippen molar-refractivity contribution in [2.45, 2.75) is 32.2 Å². The Bertz CT molecular complexity index is 916. The van der Waals surface area contributed by atoms with Crippen LogP contribution in [-0.2, 0) is 13.0 Å². The van der Waals surface area contributed by atoms with E-state index in [0.717, 1.165) is 44.0 Å². The fraction of sp³-hybridized carbons (Fsp3) is 0.375. The van der Waals surface area contributed by atoms with Crippen LogP contribution in [0.5, 0.6) is 0 Å². The van der Waals surface area contributed by atoms with Crippen LogP contribution >= 0.6 is 0 Å². The van der Waals surface area contributed by atoms with Gasteiger partial charge in [-0.15, -0.1) is 0 Å². The minimum absolute atomic E-state index is 0.0873. The predicted molar refractivity (Wildman–Crippen MR) is 118 cm³/mol. The largest absolute Gasteiger partial charge is 0.352 e. The van der Waals surface area contributed by atoms with Crippen LogP contribution in [0.1, 0.15) is 41.0 Å². The smallest absolute Gasteiger partial charge is 0.255 e. The fourth-order valence-electron chi connectivity index (χ4n) is 4.05. The highest BCUT2D eigenvalue weighted by Crippen LogP contribution is 2.24. The van der Waals surface area contributed by atoms with E-state index in [2.05, 4.69) is 45.3 Å². The number of nitrogens with zero attached hydrogens (tertiary/aromatic N) is 4. The zero-order valence-corrected chi connectivity index (χ0v) is 17.5. The normalized spacial score (nSPS) is 14.6. The Kier molecular flexibility index (Phi) is 6.42. The van der Waals surface area contributed by atoms with Gasteiger partial charge in [-0.05, 0) is 49.3 Å². The summed E-state index contributed by atoms with van der Waals surface area (Å²) in [6.07, 6.45) is 9.72. The minimum Gasteiger partial charge on any atom is -0.352 e. The standard InChI is InChI=1S/C24H29N5O/c1-28(18-22-25-13-14-26-22)23-10-9-21(17-27-23)24(30)29-15-11-20(12-16-29)8-7-19-5-3-2-4-6-19/h2-6,9-10,13-14,17,20H,7-8,11-12,15-16,18H2,1H3,(H,25,26). The Balaban J connectivity index is 1.26. The van der Waals surface area contributed by atoms with Gasteiger partial charge in [-0.2, -0.15) is 0 Å². The highest BCUT2D eigenvalue weighted by Gasteiger charge is 2.23. The SMILES string of the molecule is CN(Cc1ncc[nH]1)c1ccc(C(=O)N2CCC(CCc3ccccc3)CC2)cn1. The first kappa shape index (κ1) is 20.1. The van der Waals surface area contributed by atoms with Gasteiger partial charge in [0.15, 0.2) is 0 Å². The molecule has 1 aliphatic rings. The number of aryl methyl sites for hydroxylation is 1. The summed E-state index contributed by atoms with van der Waals surface area (Å²) in [7, 11) is 1.96. The van der Waals surface area contributed by atoms with Crippen LogP contribution in [0.25, 0.3) is 0 Å². The number of amides is 1. The molecule has 6 nitrogen and oxygen atoms in total. The van der Waals surface area contributed by atoms with Gasteiger partial charge in [0.25, 0.3) is 5.91 Å². The minimum atomic E-state index is 0.0873. The van der Waals surface area contributed by atoms with Crippen LogP contribution in [0.3, 0.4) is 0 Å². The Morgan fingerprint density at radius 3 is 2.60 bits per heavy atom. The molecule has 30 heavy (non-hydrogen) atoms. The average molecular weight is 404 g/mol. The predicted octanol–water partition coefficient (Wildman–Crippen LogP) is 3.93. The average Bonchev–Trinajstić information content (AvgIpc) is 3.31. The number of pyridine rings is 1. The van der Waals surface area contributed by atoms with Crippen LogP contribution in [-0.4, -0.2) is 45.9 Å². The third-order valence-corrected chi connectivity index (χ3v) is 5.91. The van der Waals surface area contributed by atoms with Crippen molar-refractivity contribution in [3.8, 4) is 0 Å². The Labute approximate surface area is 178 Å². The van der Waals surface area contributed by atoms with E-state index in [4.69, 9.17) is 0 Å². The molecule has 0 unspecified atom stereocenters. The highest BCUT2D eigenvalue weighted by atomic mass is 16.2. The maximum atomic E-state index is 12.9. The van der Waals surface area contributed by atoms with E-state index in [0.29, 0.717) is 18.0 Å². The summed E-state index contributed by atoms with van der Waals surface area (Å²) in [5.74, 6) is 2.49. The van der Waals surface area contributed by atoms with Gasteiger partial charge in [0.1, 0.15) is 11.6 Å². The van der Waals surface area contributed by atoms with Gasteiger partial charge in [0, 0.05) is 38.7 Å². The van der Waals surface area contributed by atoms with E-state index in [9.17, 15) is 4.79 Å². The second kappa shape index (κ2) is 9.57. The molecular formula is C24H29N5O. The Hall–Kier alpha value is -3.15. The molecule has 0 atom stereocenters. The van der Waals surface area contributed by atoms with Crippen molar-refractivity contribution in [2.24, 2.45) is 5.92 Å². The summed E-state index contributed by atoms with van der Waals surface area (Å²) in [5.41, 5.74) is 2.06. The molecule has 156 valence electrons. The molecule has 1 aromatic carbocycles. The quantitative estimate of drug-likeness (QED) is 0.649. The molecule has 0 saturated carbocycles. The zero-order chi connectivity index (χ0) is 20.8. The number of aromatic amines is 1. The zero-order valence-electron chi connectivity index (χ0n) is 17.5. The van der Waals surface area contributed by atoms with E-state index < -0.39 is 0 Å². The number of anilines is 1. The van der Waals surface area contributed by atoms with E-state index >= 15 is 0 Å². The first-order valence-corrected chi connectivity index (χ1v) is 10.7. The van der Waals surface area contributed by atoms with Gasteiger partial charge >= 0.3 is 0 Å². The molecule has 6 heteroatoms. The molecule has 0 radical (unpaired) electrons. The molecule has 1 saturated heterocycles. The first-order valence-electron chi connectivity index (χ1n) is 10.7. The van der Waals surface area contributed by atoms with Crippen LogP contribution in [0.15, 0.2) is 61.1 Å². The second-order valence-electron chi connectivity index (χ2n) is 8.06. The van der Waals surface area contributed by atoms with Gasteiger partial charge in [0.05, 0.1) is 12.1 Å². The Morgan fingerprint density at radius 1 is 1.13 bits per heavy atom. The molecule has 1 fully saturated rings. The number of aromatic nitrogens is 3. The summed E-state index contributed by atoms with van der Waals surface area (Å²) in [6, 6.07) is 14.4. The number of benzene rings is 1. The number of rotatable bonds is 7. The van der Waals surface area contributed by atoms with Gasteiger partial charge in [-0.3, -0.25) is 4.79 Å². The van der Waals surface area contributed by atoms with E-state index in [1.54, 1.807) is 12.4 Å². The lowest BCUT2D eigenvalue weighted by molar-refractivity contribution is 0.0686. The lowest BCUT2D eigenvalue weighted by Gasteiger charge is -2.32. The summed E-state index contributed by atoms with van der Waals surface area (Å²) in [5, 5.41) is 0. The Morgan fingerprint density at radius 2 is 1.93 bits per heavy atom. The van der Waals surface area contributed by atoms with E-state index in [1.165, 1.54) is 12.0 Å². The number of imidazole rings is 1. The van der Waals surface area contributed by atoms with Crippen LogP contribution in [0, 0.1) is 5.92 Å². The summed E-state index contributed by atoms with van der Waals surface area (Å²) in [4.78, 5) is 28.7. The van der Waals surface area contributed by atoms with Gasteiger partial charge < -0.3 is 14.8 Å². The van der Waals surface area contributed by atoms with Gasteiger partial charge in [-0.1, -0.05) is 30.3 Å². The number of carbonyl (C=O) groups excluding carboxylic acids is 1. The van der Waals surface area contributed by atoms with Crippen molar-refractivity contribution in [2.75, 3.05) is 25.0 Å². The summed E-state index contributed by atoms with van der Waals surface area (Å²) in [6.45, 7) is 2.31. The third kappa shape index (κ3) is 5.06. The molecule has 0 bridgehead atoms. The van der Waals surface area contributed by atoms with E-state index in [-0.39, 0.29) is 5.91 Å². The summed E-state index contributed by atoms with van der Waals surface area (Å²) < 4.78 is 0. The molecule has 1 aliphatic heterocycles. The van der Waals surface area contributed by atoms with Crippen LogP contribution in [0.2, 0.25) is 0 Å². The number of likely N-dealkylation sites (tertiary alicyclic amines) is 1. The molecule has 3 aromatic rings. The lowest BCUT2D eigenvalue weighted by Crippen LogP contribution is -2.38. The van der Waals surface area contributed by atoms with Crippen molar-refractivity contribution in [1.82, 2.24) is 19.9 Å². The highest BCUT2D eigenvalue weighted by molar-refractivity contribution is 5.94. The van der Waals surface area contributed by atoms with E-state index in [1.807, 2.05) is 35.2 Å². The maximum absolute atomic E-state index is 12.9. The summed E-state index contributed by atoms with van der Waals surface area (Å²) >= 11 is 0. The molecule has 1 amide bonds. The maximum Gasteiger partial charge on any atom is 0.255 e. The number of piperidine rings is 1. The monoisotopic (exact) mass is 403 g/mol. The van der Waals surface area contributed by atoms with Gasteiger partial charge in [-0.25, -0.2) is 9.97 Å². The fourth-order valence-corrected chi connectivity index (χ4v) is 4.05. The van der Waals surface area contributed by atoms with Crippen molar-refractivity contribution in [3.05, 3.63) is 78.0 Å². The lowest BCUT2D eigenvalue weighted by atomic mass is 9.90. The number of hydrogen-bond acceptors (Lipinski definition) is 4. The first-order chi connectivity index (χ1) is 14.7. The van der Waals surface area contributed by atoms with Crippen LogP contribution in [0.4, 0.5) is 5.82 Å². The molecule has 1 N–H and O–H groups in total. The van der Waals surface area contributed by atoms with Crippen molar-refractivity contribution in [1.29, 1.82) is 0 Å². The van der Waals surface area contributed by atoms with Gasteiger partial charge in [0.2, 0.25) is 0 Å². The molecule has 2 aromatic heterocycles. The second-order valence-corrected chi connectivity index (χ2v) is 8.06. The third-order valence-electron chi connectivity index (χ3n) is 5.91. The number of H-pyrrole nitrogens is 1. The number of nitrogens with one attached hydrogen (secondary N) is 1. The van der Waals surface area contributed by atoms with Crippen molar-refractivity contribution >= 4 is 11.7 Å². The number of hydrogen-bond donors (Lipinski definition) is 1.